The zero-order chi connectivity index (χ0) is 12.4. The molecule has 1 saturated heterocycles. The summed E-state index contributed by atoms with van der Waals surface area (Å²) in [5, 5.41) is 0. The van der Waals surface area contributed by atoms with Crippen LogP contribution >= 0.6 is 11.8 Å². The van der Waals surface area contributed by atoms with Crippen LogP contribution < -0.4 is 0 Å². The molecular formula is C12H20N2O2S. The van der Waals surface area contributed by atoms with Gasteiger partial charge >= 0.3 is 0 Å². The predicted molar refractivity (Wildman–Crippen MR) is 68.6 cm³/mol. The van der Waals surface area contributed by atoms with Crippen molar-refractivity contribution in [1.29, 1.82) is 0 Å². The molecule has 17 heavy (non-hydrogen) atoms. The SMILES string of the molecule is CC(C)CN(C(=O)CN1CSCC1=O)C1CC1. The van der Waals surface area contributed by atoms with E-state index in [4.69, 9.17) is 0 Å². The average Bonchev–Trinajstić information content (AvgIpc) is 3.01. The number of hydrogen-bond acceptors (Lipinski definition) is 3. The largest absolute Gasteiger partial charge is 0.338 e. The van der Waals surface area contributed by atoms with Crippen LogP contribution in [0.2, 0.25) is 0 Å². The summed E-state index contributed by atoms with van der Waals surface area (Å²) in [5.74, 6) is 1.91. The molecule has 1 saturated carbocycles. The molecule has 4 nitrogen and oxygen atoms in total. The van der Waals surface area contributed by atoms with Gasteiger partial charge in [0.25, 0.3) is 0 Å². The maximum absolute atomic E-state index is 12.2. The van der Waals surface area contributed by atoms with E-state index in [2.05, 4.69) is 13.8 Å². The Labute approximate surface area is 107 Å². The fourth-order valence-corrected chi connectivity index (χ4v) is 2.93. The Morgan fingerprint density at radius 2 is 2.24 bits per heavy atom. The van der Waals surface area contributed by atoms with Crippen molar-refractivity contribution in [3.8, 4) is 0 Å². The first-order valence-electron chi connectivity index (χ1n) is 6.23. The molecule has 0 aromatic heterocycles. The van der Waals surface area contributed by atoms with Gasteiger partial charge in [-0.2, -0.15) is 0 Å². The number of rotatable bonds is 5. The highest BCUT2D eigenvalue weighted by Gasteiger charge is 2.34. The summed E-state index contributed by atoms with van der Waals surface area (Å²) in [6.45, 7) is 5.34. The molecule has 0 radical (unpaired) electrons. The van der Waals surface area contributed by atoms with E-state index in [1.165, 1.54) is 0 Å². The highest BCUT2D eigenvalue weighted by atomic mass is 32.2. The lowest BCUT2D eigenvalue weighted by Gasteiger charge is -2.26. The minimum atomic E-state index is 0.101. The third-order valence-corrected chi connectivity index (χ3v) is 3.97. The lowest BCUT2D eigenvalue weighted by molar-refractivity contribution is -0.138. The van der Waals surface area contributed by atoms with Crippen LogP contribution in [0.1, 0.15) is 26.7 Å². The lowest BCUT2D eigenvalue weighted by Crippen LogP contribution is -2.43. The van der Waals surface area contributed by atoms with Crippen LogP contribution in [-0.4, -0.2) is 52.4 Å². The standard InChI is InChI=1S/C12H20N2O2S/c1-9(2)5-14(10-3-4-10)11(15)6-13-8-17-7-12(13)16/h9-10H,3-8H2,1-2H3. The van der Waals surface area contributed by atoms with Crippen molar-refractivity contribution in [2.75, 3.05) is 24.7 Å². The Kier molecular flexibility index (Phi) is 3.97. The van der Waals surface area contributed by atoms with Gasteiger partial charge in [0.05, 0.1) is 11.6 Å². The Bertz CT molecular complexity index is 316. The van der Waals surface area contributed by atoms with Crippen LogP contribution in [-0.2, 0) is 9.59 Å². The quantitative estimate of drug-likeness (QED) is 0.741. The molecule has 0 bridgehead atoms. The van der Waals surface area contributed by atoms with Gasteiger partial charge in [0.2, 0.25) is 11.8 Å². The van der Waals surface area contributed by atoms with Gasteiger partial charge in [-0.15, -0.1) is 11.8 Å². The molecule has 96 valence electrons. The molecule has 2 aliphatic rings. The molecule has 1 aliphatic heterocycles. The van der Waals surface area contributed by atoms with Crippen LogP contribution in [0.15, 0.2) is 0 Å². The maximum Gasteiger partial charge on any atom is 0.242 e. The summed E-state index contributed by atoms with van der Waals surface area (Å²) in [6.07, 6.45) is 2.25. The Balaban J connectivity index is 1.89. The monoisotopic (exact) mass is 256 g/mol. The maximum atomic E-state index is 12.2. The fraction of sp³-hybridized carbons (Fsp3) is 0.833. The number of thioether (sulfide) groups is 1. The summed E-state index contributed by atoms with van der Waals surface area (Å²) < 4.78 is 0. The molecule has 5 heteroatoms. The highest BCUT2D eigenvalue weighted by molar-refractivity contribution is 8.00. The smallest absolute Gasteiger partial charge is 0.242 e. The van der Waals surface area contributed by atoms with Crippen LogP contribution in [0.3, 0.4) is 0 Å². The Hall–Kier alpha value is -0.710. The second kappa shape index (κ2) is 5.29. The van der Waals surface area contributed by atoms with E-state index in [9.17, 15) is 9.59 Å². The summed E-state index contributed by atoms with van der Waals surface area (Å²) >= 11 is 1.59. The van der Waals surface area contributed by atoms with Gasteiger partial charge < -0.3 is 9.80 Å². The van der Waals surface area contributed by atoms with Gasteiger partial charge in [0, 0.05) is 12.6 Å². The molecule has 2 amide bonds. The minimum Gasteiger partial charge on any atom is -0.338 e. The van der Waals surface area contributed by atoms with Crippen LogP contribution in [0.25, 0.3) is 0 Å². The van der Waals surface area contributed by atoms with Gasteiger partial charge in [-0.3, -0.25) is 9.59 Å². The third kappa shape index (κ3) is 3.37. The third-order valence-electron chi connectivity index (χ3n) is 3.02. The minimum absolute atomic E-state index is 0.101. The molecule has 2 fully saturated rings. The van der Waals surface area contributed by atoms with Crippen molar-refractivity contribution >= 4 is 23.6 Å². The van der Waals surface area contributed by atoms with Gasteiger partial charge in [-0.05, 0) is 18.8 Å². The number of hydrogen-bond donors (Lipinski definition) is 0. The van der Waals surface area contributed by atoms with E-state index in [-0.39, 0.29) is 18.4 Å². The van der Waals surface area contributed by atoms with Gasteiger partial charge in [0.1, 0.15) is 6.54 Å². The first-order valence-corrected chi connectivity index (χ1v) is 7.38. The highest BCUT2D eigenvalue weighted by Crippen LogP contribution is 2.28. The van der Waals surface area contributed by atoms with Gasteiger partial charge in [-0.25, -0.2) is 0 Å². The first kappa shape index (κ1) is 12.7. The topological polar surface area (TPSA) is 40.6 Å². The molecule has 0 unspecified atom stereocenters. The van der Waals surface area contributed by atoms with E-state index >= 15 is 0 Å². The van der Waals surface area contributed by atoms with Crippen molar-refractivity contribution in [3.05, 3.63) is 0 Å². The number of amides is 2. The van der Waals surface area contributed by atoms with Crippen molar-refractivity contribution in [2.45, 2.75) is 32.7 Å². The molecule has 2 rings (SSSR count). The second-order valence-corrected chi connectivity index (χ2v) is 6.20. The zero-order valence-electron chi connectivity index (χ0n) is 10.5. The lowest BCUT2D eigenvalue weighted by atomic mass is 10.2. The van der Waals surface area contributed by atoms with Crippen molar-refractivity contribution in [3.63, 3.8) is 0 Å². The van der Waals surface area contributed by atoms with Crippen LogP contribution in [0.4, 0.5) is 0 Å². The number of carbonyl (C=O) groups excluding carboxylic acids is 2. The predicted octanol–water partition coefficient (Wildman–Crippen LogP) is 1.17. The summed E-state index contributed by atoms with van der Waals surface area (Å²) in [4.78, 5) is 27.3. The molecular weight excluding hydrogens is 236 g/mol. The van der Waals surface area contributed by atoms with Gasteiger partial charge in [-0.1, -0.05) is 13.8 Å². The zero-order valence-corrected chi connectivity index (χ0v) is 11.3. The van der Waals surface area contributed by atoms with E-state index < -0.39 is 0 Å². The normalized spacial score (nSPS) is 20.2. The van der Waals surface area contributed by atoms with Gasteiger partial charge in [0.15, 0.2) is 0 Å². The second-order valence-electron chi connectivity index (χ2n) is 5.24. The van der Waals surface area contributed by atoms with Crippen LogP contribution in [0, 0.1) is 5.92 Å². The van der Waals surface area contributed by atoms with E-state index in [0.29, 0.717) is 23.6 Å². The Morgan fingerprint density at radius 1 is 1.53 bits per heavy atom. The number of carbonyl (C=O) groups is 2. The Morgan fingerprint density at radius 3 is 2.71 bits per heavy atom. The molecule has 0 spiro atoms. The van der Waals surface area contributed by atoms with E-state index in [0.717, 1.165) is 19.4 Å². The molecule has 0 N–H and O–H groups in total. The van der Waals surface area contributed by atoms with Crippen LogP contribution in [0.5, 0.6) is 0 Å². The number of nitrogens with zero attached hydrogens (tertiary/aromatic N) is 2. The molecule has 0 atom stereocenters. The molecule has 1 heterocycles. The summed E-state index contributed by atoms with van der Waals surface area (Å²) in [7, 11) is 0. The first-order chi connectivity index (χ1) is 8.08. The molecule has 0 aromatic rings. The average molecular weight is 256 g/mol. The van der Waals surface area contributed by atoms with Crippen molar-refractivity contribution in [1.82, 2.24) is 9.80 Å². The molecule has 0 aromatic carbocycles. The fourth-order valence-electron chi connectivity index (χ4n) is 2.03. The van der Waals surface area contributed by atoms with E-state index in [1.807, 2.05) is 4.90 Å². The molecule has 1 aliphatic carbocycles. The van der Waals surface area contributed by atoms with Crippen molar-refractivity contribution < 1.29 is 9.59 Å². The summed E-state index contributed by atoms with van der Waals surface area (Å²) in [6, 6.07) is 0.440. The van der Waals surface area contributed by atoms with E-state index in [1.54, 1.807) is 16.7 Å². The summed E-state index contributed by atoms with van der Waals surface area (Å²) in [5.41, 5.74) is 0. The van der Waals surface area contributed by atoms with Crippen molar-refractivity contribution in [2.24, 2.45) is 5.92 Å².